The lowest BCUT2D eigenvalue weighted by molar-refractivity contribution is 0.662. The summed E-state index contributed by atoms with van der Waals surface area (Å²) in [6, 6.07) is 38.7. The van der Waals surface area contributed by atoms with E-state index in [-0.39, 0.29) is 5.41 Å². The fourth-order valence-corrected chi connectivity index (χ4v) is 5.77. The van der Waals surface area contributed by atoms with E-state index in [2.05, 4.69) is 107 Å². The Bertz CT molecular complexity index is 1710. The van der Waals surface area contributed by atoms with Gasteiger partial charge in [-0.25, -0.2) is 0 Å². The third kappa shape index (κ3) is 3.55. The first-order chi connectivity index (χ1) is 17.4. The van der Waals surface area contributed by atoms with Gasteiger partial charge in [-0.15, -0.1) is 0 Å². The summed E-state index contributed by atoms with van der Waals surface area (Å²) in [5, 5.41) is 2.45. The Hall–Kier alpha value is -4.10. The summed E-state index contributed by atoms with van der Waals surface area (Å²) < 4.78 is 5.73. The van der Waals surface area contributed by atoms with Gasteiger partial charge in [-0.3, -0.25) is 0 Å². The Morgan fingerprint density at radius 3 is 2.03 bits per heavy atom. The van der Waals surface area contributed by atoms with Crippen molar-refractivity contribution in [2.45, 2.75) is 33.1 Å². The molecule has 0 N–H and O–H groups in total. The van der Waals surface area contributed by atoms with Crippen LogP contribution in [0.2, 0.25) is 0 Å². The van der Waals surface area contributed by atoms with E-state index in [4.69, 9.17) is 4.42 Å². The third-order valence-electron chi connectivity index (χ3n) is 7.55. The molecule has 5 aromatic carbocycles. The van der Waals surface area contributed by atoms with Crippen molar-refractivity contribution in [3.8, 4) is 22.3 Å². The fraction of sp³-hybridized carbons (Fsp3) is 0.143. The summed E-state index contributed by atoms with van der Waals surface area (Å²) in [6.07, 6.45) is 0. The topological polar surface area (TPSA) is 13.1 Å². The molecule has 1 nitrogen and oxygen atoms in total. The number of benzene rings is 5. The lowest BCUT2D eigenvalue weighted by Gasteiger charge is -2.24. The maximum absolute atomic E-state index is 5.73. The minimum Gasteiger partial charge on any atom is -0.456 e. The quantitative estimate of drug-likeness (QED) is 0.235. The molecule has 1 aliphatic rings. The second-order valence-corrected chi connectivity index (χ2v) is 10.3. The van der Waals surface area contributed by atoms with Crippen LogP contribution in [0.1, 0.15) is 36.1 Å². The van der Waals surface area contributed by atoms with Crippen LogP contribution in [0.5, 0.6) is 0 Å². The van der Waals surface area contributed by atoms with E-state index in [9.17, 15) is 0 Å². The van der Waals surface area contributed by atoms with Gasteiger partial charge in [0, 0.05) is 16.2 Å². The van der Waals surface area contributed by atoms with Crippen LogP contribution in [0.25, 0.3) is 44.2 Å². The number of aryl methyl sites for hydroxylation is 2. The maximum atomic E-state index is 5.73. The van der Waals surface area contributed by atoms with Crippen LogP contribution in [0.15, 0.2) is 114 Å². The van der Waals surface area contributed by atoms with Crippen molar-refractivity contribution in [1.82, 2.24) is 0 Å². The maximum Gasteiger partial charge on any atom is 0.135 e. The first-order valence-electron chi connectivity index (χ1n) is 12.6. The second kappa shape index (κ2) is 8.53. The number of fused-ring (bicyclic) bond motifs is 6. The minimum atomic E-state index is 0.0490. The van der Waals surface area contributed by atoms with Crippen LogP contribution in [0.4, 0.5) is 0 Å². The molecule has 0 amide bonds. The van der Waals surface area contributed by atoms with Crippen molar-refractivity contribution in [2.75, 3.05) is 0 Å². The van der Waals surface area contributed by atoms with Crippen molar-refractivity contribution in [1.29, 1.82) is 0 Å². The largest absolute Gasteiger partial charge is 0.456 e. The first kappa shape index (κ1) is 22.4. The van der Waals surface area contributed by atoms with Crippen LogP contribution in [-0.4, -0.2) is 0 Å². The molecular formula is C35H30O. The van der Waals surface area contributed by atoms with Crippen LogP contribution >= 0.6 is 0 Å². The monoisotopic (exact) mass is 466 g/mol. The van der Waals surface area contributed by atoms with Gasteiger partial charge in [-0.05, 0) is 64.9 Å². The molecule has 1 aliphatic carbocycles. The van der Waals surface area contributed by atoms with Gasteiger partial charge in [0.25, 0.3) is 0 Å². The fourth-order valence-electron chi connectivity index (χ4n) is 5.77. The van der Waals surface area contributed by atoms with Crippen LogP contribution in [0.3, 0.4) is 0 Å². The van der Waals surface area contributed by atoms with Gasteiger partial charge in [0.2, 0.25) is 0 Å². The van der Waals surface area contributed by atoms with Gasteiger partial charge in [-0.1, -0.05) is 116 Å². The van der Waals surface area contributed by atoms with Gasteiger partial charge in [0.15, 0.2) is 0 Å². The van der Waals surface area contributed by atoms with Crippen LogP contribution in [0, 0.1) is 13.8 Å². The zero-order chi connectivity index (χ0) is 24.9. The average molecular weight is 467 g/mol. The van der Waals surface area contributed by atoms with E-state index >= 15 is 0 Å². The van der Waals surface area contributed by atoms with Crippen molar-refractivity contribution >= 4 is 21.9 Å². The number of hydrogen-bond donors (Lipinski definition) is 0. The second-order valence-electron chi connectivity index (χ2n) is 10.3. The van der Waals surface area contributed by atoms with Crippen molar-refractivity contribution < 1.29 is 4.42 Å². The molecule has 0 unspecified atom stereocenters. The number of hydrogen-bond acceptors (Lipinski definition) is 1. The molecule has 1 aromatic heterocycles. The highest BCUT2D eigenvalue weighted by molar-refractivity contribution is 6.06. The van der Waals surface area contributed by atoms with Crippen LogP contribution in [-0.2, 0) is 5.41 Å². The molecule has 0 radical (unpaired) electrons. The lowest BCUT2D eigenvalue weighted by atomic mass is 9.79. The molecule has 1 heteroatoms. The zero-order valence-electron chi connectivity index (χ0n) is 21.3. The zero-order valence-corrected chi connectivity index (χ0v) is 21.3. The Labute approximate surface area is 213 Å². The van der Waals surface area contributed by atoms with Gasteiger partial charge < -0.3 is 4.42 Å². The Kier molecular flexibility index (Phi) is 5.30. The first-order valence-corrected chi connectivity index (χ1v) is 12.6. The summed E-state index contributed by atoms with van der Waals surface area (Å²) in [5.74, 6) is 0. The Balaban J connectivity index is 0.000000147. The molecule has 36 heavy (non-hydrogen) atoms. The molecular weight excluding hydrogens is 436 g/mol. The number of rotatable bonds is 1. The molecule has 0 saturated carbocycles. The Morgan fingerprint density at radius 1 is 0.556 bits per heavy atom. The molecule has 7 rings (SSSR count). The summed E-state index contributed by atoms with van der Waals surface area (Å²) in [6.45, 7) is 8.94. The van der Waals surface area contributed by atoms with E-state index in [1.807, 2.05) is 30.3 Å². The highest BCUT2D eigenvalue weighted by atomic mass is 16.3. The average Bonchev–Trinajstić information content (AvgIpc) is 3.39. The smallest absolute Gasteiger partial charge is 0.135 e. The Morgan fingerprint density at radius 2 is 1.19 bits per heavy atom. The molecule has 0 fully saturated rings. The predicted octanol–water partition coefficient (Wildman–Crippen LogP) is 9.86. The number of furan rings is 1. The molecule has 0 spiro atoms. The molecule has 0 atom stereocenters. The van der Waals surface area contributed by atoms with Crippen molar-refractivity contribution in [3.63, 3.8) is 0 Å². The van der Waals surface area contributed by atoms with E-state index in [1.54, 1.807) is 0 Å². The van der Waals surface area contributed by atoms with Gasteiger partial charge in [-0.2, -0.15) is 0 Å². The van der Waals surface area contributed by atoms with Crippen molar-refractivity contribution in [2.24, 2.45) is 0 Å². The van der Waals surface area contributed by atoms with Gasteiger partial charge in [0.05, 0.1) is 0 Å². The number of para-hydroxylation sites is 1. The highest BCUT2D eigenvalue weighted by Crippen LogP contribution is 2.51. The standard InChI is InChI=1S/C22H20.C13H10O/c1-15-11-13-16(14-12-15)17-8-6-9-19-18-7-4-5-10-20(18)22(2,3)21(17)19;1-9-5-4-8-12-13(9)10-6-2-3-7-11(10)14-12/h4-14H,1-3H3;2-8H,1H3. The summed E-state index contributed by atoms with van der Waals surface area (Å²) >= 11 is 0. The molecule has 6 aromatic rings. The summed E-state index contributed by atoms with van der Waals surface area (Å²) in [4.78, 5) is 0. The molecule has 0 bridgehead atoms. The summed E-state index contributed by atoms with van der Waals surface area (Å²) in [5.41, 5.74) is 12.9. The van der Waals surface area contributed by atoms with Crippen molar-refractivity contribution in [3.05, 3.63) is 131 Å². The van der Waals surface area contributed by atoms with Gasteiger partial charge in [0.1, 0.15) is 11.2 Å². The van der Waals surface area contributed by atoms with Crippen LogP contribution < -0.4 is 0 Å². The normalized spacial score (nSPS) is 13.2. The lowest BCUT2D eigenvalue weighted by Crippen LogP contribution is -2.16. The van der Waals surface area contributed by atoms with E-state index in [0.717, 1.165) is 11.2 Å². The predicted molar refractivity (Wildman–Crippen MR) is 153 cm³/mol. The SMILES string of the molecule is Cc1ccc(-c2cccc3c2C(C)(C)c2ccccc2-3)cc1.Cc1cccc2oc3ccccc3c12. The molecule has 0 saturated heterocycles. The van der Waals surface area contributed by atoms with E-state index in [1.165, 1.54) is 55.3 Å². The molecule has 0 aliphatic heterocycles. The van der Waals surface area contributed by atoms with Gasteiger partial charge >= 0.3 is 0 Å². The molecule has 176 valence electrons. The van der Waals surface area contributed by atoms with E-state index < -0.39 is 0 Å². The summed E-state index contributed by atoms with van der Waals surface area (Å²) in [7, 11) is 0. The third-order valence-corrected chi connectivity index (χ3v) is 7.55. The molecule has 1 heterocycles. The van der Waals surface area contributed by atoms with E-state index in [0.29, 0.717) is 0 Å². The highest BCUT2D eigenvalue weighted by Gasteiger charge is 2.37. The minimum absolute atomic E-state index is 0.0490.